The van der Waals surface area contributed by atoms with E-state index in [0.717, 1.165) is 5.78 Å². The molecule has 0 spiro atoms. The Balaban J connectivity index is 1.97. The molecule has 0 amide bonds. The van der Waals surface area contributed by atoms with Crippen LogP contribution in [0.25, 0.3) is 6.08 Å². The Kier molecular flexibility index (Phi) is 2.83. The summed E-state index contributed by atoms with van der Waals surface area (Å²) in [4.78, 5) is 0. The SMILES string of the molecule is CC1(C)[O+]=C(/C=C\c2ccccc2)c2ccccc21. The van der Waals surface area contributed by atoms with Crippen molar-refractivity contribution in [1.82, 2.24) is 0 Å². The molecule has 0 aliphatic carbocycles. The van der Waals surface area contributed by atoms with Crippen LogP contribution in [0.2, 0.25) is 0 Å². The average Bonchev–Trinajstić information content (AvgIpc) is 2.70. The molecule has 0 unspecified atom stereocenters. The summed E-state index contributed by atoms with van der Waals surface area (Å²) in [7, 11) is 0. The van der Waals surface area contributed by atoms with Gasteiger partial charge in [0, 0.05) is 19.9 Å². The highest BCUT2D eigenvalue weighted by atomic mass is 16.4. The van der Waals surface area contributed by atoms with Crippen LogP contribution >= 0.6 is 0 Å². The molecule has 1 nitrogen and oxygen atoms in total. The predicted octanol–water partition coefficient (Wildman–Crippen LogP) is 4.37. The normalized spacial score (nSPS) is 16.4. The molecular formula is C18H17O+. The van der Waals surface area contributed by atoms with Gasteiger partial charge in [0.1, 0.15) is 0 Å². The molecule has 2 aromatic carbocycles. The summed E-state index contributed by atoms with van der Waals surface area (Å²) in [6, 6.07) is 18.7. The molecule has 0 N–H and O–H groups in total. The third-order valence-electron chi connectivity index (χ3n) is 3.43. The summed E-state index contributed by atoms with van der Waals surface area (Å²) in [5, 5.41) is 0. The number of hydrogen-bond donors (Lipinski definition) is 0. The fraction of sp³-hybridized carbons (Fsp3) is 0.167. The zero-order valence-electron chi connectivity index (χ0n) is 11.3. The van der Waals surface area contributed by atoms with Crippen molar-refractivity contribution in [2.45, 2.75) is 19.4 Å². The van der Waals surface area contributed by atoms with Gasteiger partial charge in [-0.3, -0.25) is 0 Å². The summed E-state index contributed by atoms with van der Waals surface area (Å²) in [6.07, 6.45) is 4.15. The minimum Gasteiger partial charge on any atom is -0.244 e. The van der Waals surface area contributed by atoms with E-state index in [0.29, 0.717) is 0 Å². The predicted molar refractivity (Wildman–Crippen MR) is 79.3 cm³/mol. The van der Waals surface area contributed by atoms with Gasteiger partial charge in [0.2, 0.25) is 0 Å². The van der Waals surface area contributed by atoms with Crippen LogP contribution in [0.15, 0.2) is 60.7 Å². The Morgan fingerprint density at radius 2 is 1.53 bits per heavy atom. The lowest BCUT2D eigenvalue weighted by molar-refractivity contribution is -0.378. The summed E-state index contributed by atoms with van der Waals surface area (Å²) >= 11 is 0. The van der Waals surface area contributed by atoms with Crippen molar-refractivity contribution in [3.63, 3.8) is 0 Å². The fourth-order valence-electron chi connectivity index (χ4n) is 2.47. The quantitative estimate of drug-likeness (QED) is 0.553. The molecule has 0 atom stereocenters. The van der Waals surface area contributed by atoms with Crippen LogP contribution in [0.1, 0.15) is 35.0 Å². The van der Waals surface area contributed by atoms with E-state index in [9.17, 15) is 0 Å². The van der Waals surface area contributed by atoms with E-state index in [1.54, 1.807) is 0 Å². The first-order valence-electron chi connectivity index (χ1n) is 6.56. The van der Waals surface area contributed by atoms with Crippen LogP contribution in [0.5, 0.6) is 0 Å². The van der Waals surface area contributed by atoms with Gasteiger partial charge >= 0.3 is 11.4 Å². The van der Waals surface area contributed by atoms with E-state index >= 15 is 0 Å². The first-order valence-corrected chi connectivity index (χ1v) is 6.56. The lowest BCUT2D eigenvalue weighted by Crippen LogP contribution is -2.10. The van der Waals surface area contributed by atoms with Crippen LogP contribution in [0.4, 0.5) is 0 Å². The van der Waals surface area contributed by atoms with E-state index in [2.05, 4.69) is 62.4 Å². The summed E-state index contributed by atoms with van der Waals surface area (Å²) in [6.45, 7) is 4.21. The molecule has 0 radical (unpaired) electrons. The molecule has 0 bridgehead atoms. The molecule has 0 fully saturated rings. The van der Waals surface area contributed by atoms with E-state index in [1.165, 1.54) is 16.7 Å². The average molecular weight is 249 g/mol. The largest absolute Gasteiger partial charge is 0.352 e. The number of benzene rings is 2. The maximum atomic E-state index is 6.07. The second-order valence-corrected chi connectivity index (χ2v) is 5.27. The molecule has 0 saturated heterocycles. The van der Waals surface area contributed by atoms with E-state index in [4.69, 9.17) is 4.42 Å². The molecule has 1 aliphatic rings. The maximum Gasteiger partial charge on any atom is 0.352 e. The van der Waals surface area contributed by atoms with Crippen LogP contribution in [-0.4, -0.2) is 5.78 Å². The highest BCUT2D eigenvalue weighted by Crippen LogP contribution is 2.34. The summed E-state index contributed by atoms with van der Waals surface area (Å²) < 4.78 is 6.07. The highest BCUT2D eigenvalue weighted by Gasteiger charge is 2.43. The van der Waals surface area contributed by atoms with E-state index < -0.39 is 0 Å². The Bertz CT molecular complexity index is 648. The first kappa shape index (κ1) is 11.9. The number of rotatable bonds is 2. The van der Waals surface area contributed by atoms with Gasteiger partial charge in [0.25, 0.3) is 0 Å². The molecule has 94 valence electrons. The van der Waals surface area contributed by atoms with Crippen LogP contribution in [-0.2, 0) is 5.60 Å². The molecule has 2 aromatic rings. The van der Waals surface area contributed by atoms with Gasteiger partial charge in [-0.05, 0) is 23.8 Å². The molecule has 1 aliphatic heterocycles. The minimum absolute atomic E-state index is 0.243. The van der Waals surface area contributed by atoms with Crippen LogP contribution < -0.4 is 0 Å². The van der Waals surface area contributed by atoms with Crippen LogP contribution in [0.3, 0.4) is 0 Å². The molecule has 1 heterocycles. The molecular weight excluding hydrogens is 232 g/mol. The summed E-state index contributed by atoms with van der Waals surface area (Å²) in [5.74, 6) is 0.949. The van der Waals surface area contributed by atoms with Gasteiger partial charge in [-0.1, -0.05) is 42.5 Å². The van der Waals surface area contributed by atoms with Crippen molar-refractivity contribution in [2.75, 3.05) is 0 Å². The van der Waals surface area contributed by atoms with Gasteiger partial charge in [-0.15, -0.1) is 0 Å². The Morgan fingerprint density at radius 1 is 0.842 bits per heavy atom. The topological polar surface area (TPSA) is 11.3 Å². The van der Waals surface area contributed by atoms with Crippen LogP contribution in [0, 0.1) is 0 Å². The first-order chi connectivity index (χ1) is 9.17. The number of hydrogen-bond acceptors (Lipinski definition) is 0. The van der Waals surface area contributed by atoms with Gasteiger partial charge in [0.05, 0.1) is 11.1 Å². The molecule has 1 heteroatoms. The van der Waals surface area contributed by atoms with Crippen molar-refractivity contribution >= 4 is 11.9 Å². The van der Waals surface area contributed by atoms with Crippen molar-refractivity contribution in [3.05, 3.63) is 77.4 Å². The number of allylic oxidation sites excluding steroid dienone is 1. The van der Waals surface area contributed by atoms with Crippen molar-refractivity contribution < 1.29 is 4.42 Å². The van der Waals surface area contributed by atoms with Crippen molar-refractivity contribution in [2.24, 2.45) is 0 Å². The number of ketones is 1. The summed E-state index contributed by atoms with van der Waals surface area (Å²) in [5.41, 5.74) is 3.38. The molecule has 3 rings (SSSR count). The lowest BCUT2D eigenvalue weighted by Gasteiger charge is -2.03. The second kappa shape index (κ2) is 4.51. The fourth-order valence-corrected chi connectivity index (χ4v) is 2.47. The van der Waals surface area contributed by atoms with Gasteiger partial charge in [-0.2, -0.15) is 0 Å². The Labute approximate surface area is 113 Å². The molecule has 19 heavy (non-hydrogen) atoms. The van der Waals surface area contributed by atoms with E-state index in [1.807, 2.05) is 18.2 Å². The van der Waals surface area contributed by atoms with Crippen molar-refractivity contribution in [1.29, 1.82) is 0 Å². The van der Waals surface area contributed by atoms with Crippen molar-refractivity contribution in [3.8, 4) is 0 Å². The zero-order valence-corrected chi connectivity index (χ0v) is 11.3. The monoisotopic (exact) mass is 249 g/mol. The second-order valence-electron chi connectivity index (χ2n) is 5.27. The van der Waals surface area contributed by atoms with E-state index in [-0.39, 0.29) is 5.60 Å². The van der Waals surface area contributed by atoms with Gasteiger partial charge in [-0.25, -0.2) is 4.42 Å². The Hall–Kier alpha value is -2.15. The number of carbonyl (C=O) groups excluding carboxylic acids is 1. The third-order valence-corrected chi connectivity index (χ3v) is 3.43. The van der Waals surface area contributed by atoms with Gasteiger partial charge in [0.15, 0.2) is 0 Å². The lowest BCUT2D eigenvalue weighted by atomic mass is 9.94. The molecule has 0 saturated carbocycles. The third kappa shape index (κ3) is 2.24. The highest BCUT2D eigenvalue weighted by molar-refractivity contribution is 6.09. The minimum atomic E-state index is -0.243. The standard InChI is InChI=1S/C18H17O/c1-18(2)16-11-7-6-10-15(16)17(19-18)13-12-14-8-4-3-5-9-14/h3-13H,1-2H3/q+1/b13-12-. The smallest absolute Gasteiger partial charge is 0.244 e. The maximum absolute atomic E-state index is 6.07. The zero-order chi connectivity index (χ0) is 13.3. The molecule has 0 aromatic heterocycles. The Morgan fingerprint density at radius 3 is 2.32 bits per heavy atom. The van der Waals surface area contributed by atoms with Gasteiger partial charge < -0.3 is 0 Å². The number of fused-ring (bicyclic) bond motifs is 1.